The molecule has 542 valence electrons. The number of allylic oxidation sites excluding steroid dienone is 4. The Labute approximate surface area is 561 Å². The first-order chi connectivity index (χ1) is 44.3. The molecule has 0 aliphatic heterocycles. The van der Waals surface area contributed by atoms with E-state index in [1.54, 1.807) is 0 Å². The van der Waals surface area contributed by atoms with Crippen molar-refractivity contribution >= 4 is 39.5 Å². The highest BCUT2D eigenvalue weighted by Crippen LogP contribution is 2.45. The van der Waals surface area contributed by atoms with E-state index in [1.807, 2.05) is 0 Å². The SMILES string of the molecule is CCCCCC/C=C\C=C/CCCCCCCC(=O)O[C@H](COC(=O)CCCCCCCCC(C)C)COP(=O)(O)OC[C@H](O)COP(=O)(O)OC[C@@H](COC(=O)CCCCCCCCCCC(C)CC)OC(=O)CCCCCCCCCCCCCCCC(C)C. The van der Waals surface area contributed by atoms with Crippen molar-refractivity contribution in [3.63, 3.8) is 0 Å². The molecule has 0 aromatic carbocycles. The van der Waals surface area contributed by atoms with Crippen LogP contribution >= 0.6 is 15.6 Å². The number of carbonyl (C=O) groups excluding carboxylic acids is 4. The minimum atomic E-state index is -4.96. The Kier molecular flexibility index (Phi) is 61.6. The average molecular weight is 1350 g/mol. The number of hydrogen-bond acceptors (Lipinski definition) is 15. The number of rotatable bonds is 69. The van der Waals surface area contributed by atoms with Crippen LogP contribution in [0.5, 0.6) is 0 Å². The van der Waals surface area contributed by atoms with Gasteiger partial charge in [-0.05, 0) is 69.1 Å². The van der Waals surface area contributed by atoms with Gasteiger partial charge in [0.05, 0.1) is 26.4 Å². The summed E-state index contributed by atoms with van der Waals surface area (Å²) in [6.07, 6.45) is 50.8. The molecule has 0 aliphatic rings. The van der Waals surface area contributed by atoms with Crippen LogP contribution in [-0.2, 0) is 65.4 Å². The summed E-state index contributed by atoms with van der Waals surface area (Å²) < 4.78 is 68.3. The van der Waals surface area contributed by atoms with E-state index in [4.69, 9.17) is 37.0 Å². The third kappa shape index (κ3) is 64.9. The molecule has 0 bridgehead atoms. The maximum Gasteiger partial charge on any atom is 0.472 e. The van der Waals surface area contributed by atoms with E-state index in [9.17, 15) is 43.2 Å². The number of hydrogen-bond donors (Lipinski definition) is 3. The van der Waals surface area contributed by atoms with E-state index < -0.39 is 97.5 Å². The standard InChI is InChI=1S/C73H138O17P2/c1-8-10-11-12-13-14-15-16-17-20-23-26-33-42-49-56-73(78)90-69(61-84-71(76)55-48-41-36-35-38-45-52-65(5)6)63-88-92(81,82)86-59-67(74)58-85-91(79,80)87-62-68(60-83-70(75)54-47-40-32-29-28-31-39-46-53-66(7)9-2)89-72(77)57-50-43-34-27-24-21-18-19-22-25-30-37-44-51-64(3)4/h14-17,64-69,74H,8-13,18-63H2,1-7H3,(H,79,80)(H,81,82)/b15-14-,17-16-/t66?,67-,68-,69-/m1/s1. The van der Waals surface area contributed by atoms with E-state index in [0.717, 1.165) is 121 Å². The third-order valence-corrected chi connectivity index (χ3v) is 18.5. The molecule has 0 fully saturated rings. The minimum Gasteiger partial charge on any atom is -0.462 e. The summed E-state index contributed by atoms with van der Waals surface area (Å²) in [4.78, 5) is 72.6. The maximum absolute atomic E-state index is 13.0. The van der Waals surface area contributed by atoms with Gasteiger partial charge < -0.3 is 33.8 Å². The first-order valence-electron chi connectivity index (χ1n) is 37.2. The maximum atomic E-state index is 13.0. The van der Waals surface area contributed by atoms with Crippen LogP contribution < -0.4 is 0 Å². The zero-order valence-electron chi connectivity index (χ0n) is 59.5. The van der Waals surface area contributed by atoms with Crippen molar-refractivity contribution in [3.05, 3.63) is 24.3 Å². The molecule has 0 saturated carbocycles. The third-order valence-electron chi connectivity index (χ3n) is 16.6. The van der Waals surface area contributed by atoms with Crippen LogP contribution in [0.1, 0.15) is 344 Å². The van der Waals surface area contributed by atoms with Gasteiger partial charge in [-0.15, -0.1) is 0 Å². The Morgan fingerprint density at radius 3 is 0.967 bits per heavy atom. The van der Waals surface area contributed by atoms with Gasteiger partial charge >= 0.3 is 39.5 Å². The molecule has 6 atom stereocenters. The fraction of sp³-hybridized carbons (Fsp3) is 0.890. The normalized spacial score (nSPS) is 14.6. The lowest BCUT2D eigenvalue weighted by molar-refractivity contribution is -0.161. The summed E-state index contributed by atoms with van der Waals surface area (Å²) in [7, 11) is -9.92. The van der Waals surface area contributed by atoms with E-state index >= 15 is 0 Å². The summed E-state index contributed by atoms with van der Waals surface area (Å²) in [5, 5.41) is 10.6. The van der Waals surface area contributed by atoms with Crippen LogP contribution in [0, 0.1) is 17.8 Å². The summed E-state index contributed by atoms with van der Waals surface area (Å²) in [5.41, 5.74) is 0. The van der Waals surface area contributed by atoms with Gasteiger partial charge in [-0.1, -0.05) is 291 Å². The first kappa shape index (κ1) is 89.5. The van der Waals surface area contributed by atoms with Crippen LogP contribution in [0.25, 0.3) is 0 Å². The molecule has 19 heteroatoms. The fourth-order valence-corrected chi connectivity index (χ4v) is 12.1. The molecular weight excluding hydrogens is 1210 g/mol. The number of carbonyl (C=O) groups is 4. The largest absolute Gasteiger partial charge is 0.472 e. The predicted octanol–water partition coefficient (Wildman–Crippen LogP) is 20.6. The fourth-order valence-electron chi connectivity index (χ4n) is 10.5. The van der Waals surface area contributed by atoms with Gasteiger partial charge in [0.25, 0.3) is 0 Å². The Bertz CT molecular complexity index is 1900. The second-order valence-electron chi connectivity index (χ2n) is 26.8. The van der Waals surface area contributed by atoms with Gasteiger partial charge in [0.2, 0.25) is 0 Å². The van der Waals surface area contributed by atoms with Crippen molar-refractivity contribution in [2.24, 2.45) is 17.8 Å². The smallest absolute Gasteiger partial charge is 0.462 e. The van der Waals surface area contributed by atoms with Crippen molar-refractivity contribution in [1.29, 1.82) is 0 Å². The molecule has 0 saturated heterocycles. The number of phosphoric acid groups is 2. The molecule has 17 nitrogen and oxygen atoms in total. The molecule has 0 aliphatic carbocycles. The zero-order chi connectivity index (χ0) is 68.0. The van der Waals surface area contributed by atoms with E-state index in [1.165, 1.54) is 135 Å². The zero-order valence-corrected chi connectivity index (χ0v) is 61.3. The van der Waals surface area contributed by atoms with Crippen molar-refractivity contribution in [2.75, 3.05) is 39.6 Å². The summed E-state index contributed by atoms with van der Waals surface area (Å²) in [6.45, 7) is 11.7. The highest BCUT2D eigenvalue weighted by Gasteiger charge is 2.30. The van der Waals surface area contributed by atoms with Crippen LogP contribution in [0.2, 0.25) is 0 Å². The lowest BCUT2D eigenvalue weighted by Crippen LogP contribution is -2.30. The average Bonchev–Trinajstić information content (AvgIpc) is 3.68. The number of aliphatic hydroxyl groups is 1. The topological polar surface area (TPSA) is 237 Å². The molecule has 0 amide bonds. The van der Waals surface area contributed by atoms with Crippen LogP contribution in [0.15, 0.2) is 24.3 Å². The molecule has 0 rings (SSSR count). The van der Waals surface area contributed by atoms with Crippen LogP contribution in [0.3, 0.4) is 0 Å². The van der Waals surface area contributed by atoms with Crippen molar-refractivity contribution < 1.29 is 80.2 Å². The van der Waals surface area contributed by atoms with Gasteiger partial charge in [0.15, 0.2) is 12.2 Å². The van der Waals surface area contributed by atoms with Crippen LogP contribution in [0.4, 0.5) is 0 Å². The number of unbranched alkanes of at least 4 members (excludes halogenated alkanes) is 33. The Balaban J connectivity index is 5.28. The molecule has 3 unspecified atom stereocenters. The Morgan fingerprint density at radius 1 is 0.359 bits per heavy atom. The van der Waals surface area contributed by atoms with Crippen molar-refractivity contribution in [3.8, 4) is 0 Å². The highest BCUT2D eigenvalue weighted by atomic mass is 31.2. The van der Waals surface area contributed by atoms with Gasteiger partial charge in [-0.3, -0.25) is 37.3 Å². The minimum absolute atomic E-state index is 0.0836. The number of esters is 4. The molecule has 0 heterocycles. The van der Waals surface area contributed by atoms with Crippen molar-refractivity contribution in [2.45, 2.75) is 362 Å². The van der Waals surface area contributed by atoms with E-state index in [-0.39, 0.29) is 25.7 Å². The lowest BCUT2D eigenvalue weighted by Gasteiger charge is -2.21. The lowest BCUT2D eigenvalue weighted by atomic mass is 9.99. The second-order valence-corrected chi connectivity index (χ2v) is 29.7. The molecular formula is C73H138O17P2. The Morgan fingerprint density at radius 2 is 0.641 bits per heavy atom. The summed E-state index contributed by atoms with van der Waals surface area (Å²) in [6, 6.07) is 0. The second kappa shape index (κ2) is 63.3. The van der Waals surface area contributed by atoms with E-state index in [0.29, 0.717) is 31.6 Å². The summed E-state index contributed by atoms with van der Waals surface area (Å²) >= 11 is 0. The monoisotopic (exact) mass is 1350 g/mol. The van der Waals surface area contributed by atoms with Gasteiger partial charge in [0.1, 0.15) is 19.3 Å². The molecule has 0 aromatic rings. The molecule has 0 radical (unpaired) electrons. The molecule has 0 aromatic heterocycles. The number of ether oxygens (including phenoxy) is 4. The van der Waals surface area contributed by atoms with E-state index in [2.05, 4.69) is 72.8 Å². The van der Waals surface area contributed by atoms with Gasteiger partial charge in [-0.25, -0.2) is 9.13 Å². The van der Waals surface area contributed by atoms with Gasteiger partial charge in [-0.2, -0.15) is 0 Å². The molecule has 3 N–H and O–H groups in total. The van der Waals surface area contributed by atoms with Gasteiger partial charge in [0, 0.05) is 25.7 Å². The summed E-state index contributed by atoms with van der Waals surface area (Å²) in [5.74, 6) is 0.0818. The number of phosphoric ester groups is 2. The molecule has 0 spiro atoms. The predicted molar refractivity (Wildman–Crippen MR) is 372 cm³/mol. The highest BCUT2D eigenvalue weighted by molar-refractivity contribution is 7.47. The first-order valence-corrected chi connectivity index (χ1v) is 40.2. The molecule has 92 heavy (non-hydrogen) atoms. The quantitative estimate of drug-likeness (QED) is 0.0169. The Hall–Kier alpha value is -2.46. The van der Waals surface area contributed by atoms with Crippen molar-refractivity contribution in [1.82, 2.24) is 0 Å². The van der Waals surface area contributed by atoms with Crippen LogP contribution in [-0.4, -0.2) is 96.7 Å². The number of aliphatic hydroxyl groups excluding tert-OH is 1.